The minimum Gasteiger partial charge on any atom is -0.487 e. The molecule has 25 heavy (non-hydrogen) atoms. The molecule has 0 radical (unpaired) electrons. The van der Waals surface area contributed by atoms with E-state index >= 15 is 0 Å². The van der Waals surface area contributed by atoms with E-state index in [9.17, 15) is 9.18 Å². The van der Waals surface area contributed by atoms with Crippen LogP contribution in [-0.2, 0) is 4.79 Å². The van der Waals surface area contributed by atoms with Gasteiger partial charge in [0.15, 0.2) is 6.61 Å². The Kier molecular flexibility index (Phi) is 5.71. The fourth-order valence-electron chi connectivity index (χ4n) is 2.67. The van der Waals surface area contributed by atoms with Crippen LogP contribution in [0.3, 0.4) is 0 Å². The van der Waals surface area contributed by atoms with Crippen LogP contribution < -0.4 is 9.47 Å². The van der Waals surface area contributed by atoms with Crippen molar-refractivity contribution in [2.45, 2.75) is 18.9 Å². The molecular formula is C18H18ClFN2O3. The minimum absolute atomic E-state index is 0.0889. The van der Waals surface area contributed by atoms with E-state index < -0.39 is 0 Å². The molecule has 1 fully saturated rings. The van der Waals surface area contributed by atoms with Gasteiger partial charge in [-0.1, -0.05) is 11.6 Å². The van der Waals surface area contributed by atoms with E-state index in [0.29, 0.717) is 29.6 Å². The number of halogens is 2. The van der Waals surface area contributed by atoms with Gasteiger partial charge in [-0.15, -0.1) is 0 Å². The number of hydrogen-bond acceptors (Lipinski definition) is 4. The van der Waals surface area contributed by atoms with Crippen molar-refractivity contribution in [1.29, 1.82) is 0 Å². The third-order valence-corrected chi connectivity index (χ3v) is 4.22. The average molecular weight is 365 g/mol. The number of benzene rings is 1. The normalized spacial score (nSPS) is 17.2. The summed E-state index contributed by atoms with van der Waals surface area (Å²) in [7, 11) is 0. The summed E-state index contributed by atoms with van der Waals surface area (Å²) in [5.41, 5.74) is 0. The molecule has 7 heteroatoms. The van der Waals surface area contributed by atoms with Crippen molar-refractivity contribution in [3.05, 3.63) is 53.6 Å². The Morgan fingerprint density at radius 3 is 2.88 bits per heavy atom. The van der Waals surface area contributed by atoms with Gasteiger partial charge in [0.1, 0.15) is 28.4 Å². The molecule has 1 unspecified atom stereocenters. The monoisotopic (exact) mass is 364 g/mol. The van der Waals surface area contributed by atoms with Crippen LogP contribution in [0.4, 0.5) is 4.39 Å². The zero-order valence-corrected chi connectivity index (χ0v) is 14.3. The number of piperidine rings is 1. The highest BCUT2D eigenvalue weighted by Gasteiger charge is 2.25. The summed E-state index contributed by atoms with van der Waals surface area (Å²) >= 11 is 6.06. The maximum Gasteiger partial charge on any atom is 0.260 e. The van der Waals surface area contributed by atoms with E-state index in [0.717, 1.165) is 12.8 Å². The SMILES string of the molecule is O=C(COc1ccc(F)cc1)N1CCCC(Oc2ccncc2Cl)C1. The fourth-order valence-corrected chi connectivity index (χ4v) is 2.83. The first-order valence-electron chi connectivity index (χ1n) is 8.04. The maximum absolute atomic E-state index is 12.9. The van der Waals surface area contributed by atoms with E-state index in [1.54, 1.807) is 17.2 Å². The van der Waals surface area contributed by atoms with Gasteiger partial charge in [0.25, 0.3) is 5.91 Å². The van der Waals surface area contributed by atoms with E-state index in [-0.39, 0.29) is 24.4 Å². The number of hydrogen-bond donors (Lipinski definition) is 0. The molecule has 5 nitrogen and oxygen atoms in total. The smallest absolute Gasteiger partial charge is 0.260 e. The van der Waals surface area contributed by atoms with E-state index in [2.05, 4.69) is 4.98 Å². The largest absolute Gasteiger partial charge is 0.487 e. The van der Waals surface area contributed by atoms with Crippen molar-refractivity contribution < 1.29 is 18.7 Å². The summed E-state index contributed by atoms with van der Waals surface area (Å²) in [5, 5.41) is 0.450. The van der Waals surface area contributed by atoms with Gasteiger partial charge in [-0.3, -0.25) is 9.78 Å². The molecule has 1 saturated heterocycles. The van der Waals surface area contributed by atoms with Crippen LogP contribution >= 0.6 is 11.6 Å². The Morgan fingerprint density at radius 2 is 2.12 bits per heavy atom. The Labute approximate surface area is 150 Å². The van der Waals surface area contributed by atoms with E-state index in [1.807, 2.05) is 0 Å². The van der Waals surface area contributed by atoms with Crippen molar-refractivity contribution in [1.82, 2.24) is 9.88 Å². The zero-order valence-electron chi connectivity index (χ0n) is 13.5. The lowest BCUT2D eigenvalue weighted by Crippen LogP contribution is -2.46. The van der Waals surface area contributed by atoms with Crippen molar-refractivity contribution in [3.8, 4) is 11.5 Å². The van der Waals surface area contributed by atoms with E-state index in [4.69, 9.17) is 21.1 Å². The lowest BCUT2D eigenvalue weighted by Gasteiger charge is -2.33. The molecule has 0 bridgehead atoms. The molecule has 1 aliphatic rings. The Balaban J connectivity index is 1.52. The molecule has 3 rings (SSSR count). The lowest BCUT2D eigenvalue weighted by atomic mass is 10.1. The number of carbonyl (C=O) groups excluding carboxylic acids is 1. The molecule has 1 aliphatic heterocycles. The van der Waals surface area contributed by atoms with Crippen LogP contribution in [0.25, 0.3) is 0 Å². The predicted molar refractivity (Wildman–Crippen MR) is 91.4 cm³/mol. The first-order valence-corrected chi connectivity index (χ1v) is 8.42. The highest BCUT2D eigenvalue weighted by Crippen LogP contribution is 2.25. The minimum atomic E-state index is -0.343. The second kappa shape index (κ2) is 8.16. The number of likely N-dealkylation sites (tertiary alicyclic amines) is 1. The van der Waals surface area contributed by atoms with Crippen molar-refractivity contribution in [3.63, 3.8) is 0 Å². The van der Waals surface area contributed by atoms with Gasteiger partial charge < -0.3 is 14.4 Å². The Bertz CT molecular complexity index is 727. The number of rotatable bonds is 5. The van der Waals surface area contributed by atoms with Gasteiger partial charge in [0, 0.05) is 25.0 Å². The van der Waals surface area contributed by atoms with E-state index in [1.165, 1.54) is 30.5 Å². The lowest BCUT2D eigenvalue weighted by molar-refractivity contribution is -0.136. The summed E-state index contributed by atoms with van der Waals surface area (Å²) in [6.07, 6.45) is 4.71. The first-order chi connectivity index (χ1) is 12.1. The first kappa shape index (κ1) is 17.5. The van der Waals surface area contributed by atoms with Gasteiger partial charge in [0.2, 0.25) is 0 Å². The van der Waals surface area contributed by atoms with Crippen molar-refractivity contribution in [2.75, 3.05) is 19.7 Å². The summed E-state index contributed by atoms with van der Waals surface area (Å²) in [6, 6.07) is 7.29. The highest BCUT2D eigenvalue weighted by molar-refractivity contribution is 6.31. The number of ether oxygens (including phenoxy) is 2. The third kappa shape index (κ3) is 4.82. The van der Waals surface area contributed by atoms with Crippen LogP contribution in [0.15, 0.2) is 42.7 Å². The summed E-state index contributed by atoms with van der Waals surface area (Å²) in [4.78, 5) is 18.0. The number of aromatic nitrogens is 1. The van der Waals surface area contributed by atoms with Crippen LogP contribution in [0.2, 0.25) is 5.02 Å². The maximum atomic E-state index is 12.9. The summed E-state index contributed by atoms with van der Waals surface area (Å²) < 4.78 is 24.2. The average Bonchev–Trinajstić information content (AvgIpc) is 2.63. The highest BCUT2D eigenvalue weighted by atomic mass is 35.5. The number of amides is 1. The molecule has 1 amide bonds. The van der Waals surface area contributed by atoms with Crippen LogP contribution in [-0.4, -0.2) is 41.6 Å². The van der Waals surface area contributed by atoms with Crippen LogP contribution in [0.5, 0.6) is 11.5 Å². The second-order valence-electron chi connectivity index (χ2n) is 5.77. The molecule has 1 aromatic carbocycles. The summed E-state index contributed by atoms with van der Waals surface area (Å²) in [5.74, 6) is 0.560. The zero-order chi connectivity index (χ0) is 17.6. The molecule has 0 saturated carbocycles. The molecule has 0 aliphatic carbocycles. The molecular weight excluding hydrogens is 347 g/mol. The molecule has 132 valence electrons. The van der Waals surface area contributed by atoms with Gasteiger partial charge in [0.05, 0.1) is 6.54 Å². The topological polar surface area (TPSA) is 51.7 Å². The van der Waals surface area contributed by atoms with Crippen LogP contribution in [0.1, 0.15) is 12.8 Å². The van der Waals surface area contributed by atoms with Gasteiger partial charge in [-0.2, -0.15) is 0 Å². The Hall–Kier alpha value is -2.34. The fraction of sp³-hybridized carbons (Fsp3) is 0.333. The van der Waals surface area contributed by atoms with Gasteiger partial charge in [-0.25, -0.2) is 4.39 Å². The quantitative estimate of drug-likeness (QED) is 0.816. The van der Waals surface area contributed by atoms with Gasteiger partial charge in [-0.05, 0) is 37.1 Å². The van der Waals surface area contributed by atoms with Crippen LogP contribution in [0, 0.1) is 5.82 Å². The predicted octanol–water partition coefficient (Wildman–Crippen LogP) is 3.32. The standard InChI is InChI=1S/C18H18ClFN2O3/c19-16-10-21-8-7-17(16)25-15-2-1-9-22(11-15)18(23)12-24-14-5-3-13(20)4-6-14/h3-8,10,15H,1-2,9,11-12H2. The number of carbonyl (C=O) groups is 1. The Morgan fingerprint density at radius 1 is 1.32 bits per heavy atom. The number of nitrogens with zero attached hydrogens (tertiary/aromatic N) is 2. The molecule has 0 N–H and O–H groups in total. The molecule has 2 aromatic rings. The third-order valence-electron chi connectivity index (χ3n) is 3.94. The molecule has 1 atom stereocenters. The molecule has 1 aromatic heterocycles. The number of pyridine rings is 1. The summed E-state index contributed by atoms with van der Waals surface area (Å²) in [6.45, 7) is 1.05. The molecule has 2 heterocycles. The second-order valence-corrected chi connectivity index (χ2v) is 6.18. The van der Waals surface area contributed by atoms with Crippen molar-refractivity contribution >= 4 is 17.5 Å². The van der Waals surface area contributed by atoms with Gasteiger partial charge >= 0.3 is 0 Å². The molecule has 0 spiro atoms. The van der Waals surface area contributed by atoms with Crippen molar-refractivity contribution in [2.24, 2.45) is 0 Å².